The van der Waals surface area contributed by atoms with Crippen LogP contribution in [0.3, 0.4) is 0 Å². The molecule has 0 saturated heterocycles. The zero-order valence-corrected chi connectivity index (χ0v) is 7.41. The van der Waals surface area contributed by atoms with Gasteiger partial charge in [-0.25, -0.2) is 0 Å². The molecule has 2 heteroatoms. The van der Waals surface area contributed by atoms with Crippen LogP contribution < -0.4 is 5.32 Å². The molecule has 0 radical (unpaired) electrons. The third kappa shape index (κ3) is 4.79. The molecule has 0 aliphatic heterocycles. The van der Waals surface area contributed by atoms with Gasteiger partial charge in [0.05, 0.1) is 0 Å². The topological polar surface area (TPSA) is 12.0 Å². The van der Waals surface area contributed by atoms with Crippen molar-refractivity contribution < 1.29 is 0 Å². The Labute approximate surface area is 63.6 Å². The summed E-state index contributed by atoms with van der Waals surface area (Å²) in [6.45, 7) is 4.46. The maximum absolute atomic E-state index is 4.21. The SMILES string of the molecule is CN[C@H](CS)CC(C)C. The highest BCUT2D eigenvalue weighted by Gasteiger charge is 2.04. The Morgan fingerprint density at radius 3 is 2.11 bits per heavy atom. The molecule has 1 atom stereocenters. The van der Waals surface area contributed by atoms with Crippen LogP contribution in [-0.4, -0.2) is 18.8 Å². The molecule has 0 aromatic rings. The number of hydrogen-bond acceptors (Lipinski definition) is 2. The lowest BCUT2D eigenvalue weighted by atomic mass is 10.1. The summed E-state index contributed by atoms with van der Waals surface area (Å²) >= 11 is 4.21. The van der Waals surface area contributed by atoms with Crippen LogP contribution in [0.25, 0.3) is 0 Å². The maximum Gasteiger partial charge on any atom is 0.0155 e. The molecular formula is C7H17NS. The zero-order chi connectivity index (χ0) is 7.28. The second kappa shape index (κ2) is 5.12. The fourth-order valence-corrected chi connectivity index (χ4v) is 1.18. The summed E-state index contributed by atoms with van der Waals surface area (Å²) in [7, 11) is 1.99. The largest absolute Gasteiger partial charge is 0.316 e. The van der Waals surface area contributed by atoms with Crippen LogP contribution in [0.4, 0.5) is 0 Å². The molecule has 0 saturated carbocycles. The van der Waals surface area contributed by atoms with Crippen molar-refractivity contribution in [3.05, 3.63) is 0 Å². The van der Waals surface area contributed by atoms with Crippen LogP contribution in [0.15, 0.2) is 0 Å². The van der Waals surface area contributed by atoms with Crippen molar-refractivity contribution in [2.45, 2.75) is 26.3 Å². The highest BCUT2D eigenvalue weighted by Crippen LogP contribution is 2.04. The van der Waals surface area contributed by atoms with Crippen LogP contribution in [0.2, 0.25) is 0 Å². The van der Waals surface area contributed by atoms with Gasteiger partial charge in [0, 0.05) is 11.8 Å². The van der Waals surface area contributed by atoms with E-state index in [-0.39, 0.29) is 0 Å². The molecule has 0 rings (SSSR count). The summed E-state index contributed by atoms with van der Waals surface area (Å²) in [5, 5.41) is 3.21. The average molecular weight is 147 g/mol. The van der Waals surface area contributed by atoms with Crippen LogP contribution in [0.5, 0.6) is 0 Å². The van der Waals surface area contributed by atoms with Crippen molar-refractivity contribution in [3.8, 4) is 0 Å². The molecule has 0 aliphatic carbocycles. The maximum atomic E-state index is 4.21. The average Bonchev–Trinajstić information content (AvgIpc) is 1.82. The molecule has 0 fully saturated rings. The highest BCUT2D eigenvalue weighted by molar-refractivity contribution is 7.80. The van der Waals surface area contributed by atoms with E-state index >= 15 is 0 Å². The minimum atomic E-state index is 0.591. The summed E-state index contributed by atoms with van der Waals surface area (Å²) < 4.78 is 0. The van der Waals surface area contributed by atoms with Gasteiger partial charge in [-0.2, -0.15) is 12.6 Å². The van der Waals surface area contributed by atoms with E-state index in [4.69, 9.17) is 0 Å². The highest BCUT2D eigenvalue weighted by atomic mass is 32.1. The van der Waals surface area contributed by atoms with Crippen molar-refractivity contribution in [2.24, 2.45) is 5.92 Å². The van der Waals surface area contributed by atoms with Crippen LogP contribution in [-0.2, 0) is 0 Å². The fourth-order valence-electron chi connectivity index (χ4n) is 0.853. The van der Waals surface area contributed by atoms with Gasteiger partial charge in [-0.05, 0) is 19.4 Å². The van der Waals surface area contributed by atoms with Crippen LogP contribution in [0, 0.1) is 5.92 Å². The molecule has 1 nitrogen and oxygen atoms in total. The van der Waals surface area contributed by atoms with Crippen molar-refractivity contribution >= 4 is 12.6 Å². The van der Waals surface area contributed by atoms with E-state index in [1.54, 1.807) is 0 Å². The number of rotatable bonds is 4. The van der Waals surface area contributed by atoms with Crippen LogP contribution >= 0.6 is 12.6 Å². The third-order valence-corrected chi connectivity index (χ3v) is 1.83. The van der Waals surface area contributed by atoms with Gasteiger partial charge >= 0.3 is 0 Å². The van der Waals surface area contributed by atoms with Crippen molar-refractivity contribution in [1.82, 2.24) is 5.32 Å². The number of nitrogens with one attached hydrogen (secondary N) is 1. The zero-order valence-electron chi connectivity index (χ0n) is 6.52. The van der Waals surface area contributed by atoms with Crippen LogP contribution in [0.1, 0.15) is 20.3 Å². The second-order valence-electron chi connectivity index (χ2n) is 2.80. The Kier molecular flexibility index (Phi) is 5.30. The summed E-state index contributed by atoms with van der Waals surface area (Å²) in [4.78, 5) is 0. The van der Waals surface area contributed by atoms with E-state index in [1.807, 2.05) is 7.05 Å². The second-order valence-corrected chi connectivity index (χ2v) is 3.16. The monoisotopic (exact) mass is 147 g/mol. The van der Waals surface area contributed by atoms with E-state index in [1.165, 1.54) is 6.42 Å². The van der Waals surface area contributed by atoms with Gasteiger partial charge in [0.1, 0.15) is 0 Å². The van der Waals surface area contributed by atoms with Gasteiger partial charge in [-0.3, -0.25) is 0 Å². The molecule has 0 aliphatic rings. The van der Waals surface area contributed by atoms with Gasteiger partial charge in [0.2, 0.25) is 0 Å². The first-order valence-corrected chi connectivity index (χ1v) is 4.12. The van der Waals surface area contributed by atoms with Gasteiger partial charge < -0.3 is 5.32 Å². The Hall–Kier alpha value is 0.310. The fraction of sp³-hybridized carbons (Fsp3) is 1.00. The summed E-state index contributed by atoms with van der Waals surface area (Å²) in [6.07, 6.45) is 1.22. The molecule has 56 valence electrons. The quantitative estimate of drug-likeness (QED) is 0.575. The van der Waals surface area contributed by atoms with Gasteiger partial charge in [0.25, 0.3) is 0 Å². The molecule has 0 spiro atoms. The predicted octanol–water partition coefficient (Wildman–Crippen LogP) is 1.55. The van der Waals surface area contributed by atoms with Crippen molar-refractivity contribution in [3.63, 3.8) is 0 Å². The Bertz CT molecular complexity index is 59.9. The molecule has 0 heterocycles. The van der Waals surface area contributed by atoms with Gasteiger partial charge in [-0.1, -0.05) is 13.8 Å². The van der Waals surface area contributed by atoms with E-state index in [0.29, 0.717) is 6.04 Å². The molecule has 9 heavy (non-hydrogen) atoms. The molecule has 0 aromatic heterocycles. The summed E-state index contributed by atoms with van der Waals surface area (Å²) in [5.41, 5.74) is 0. The summed E-state index contributed by atoms with van der Waals surface area (Å²) in [6, 6.07) is 0.591. The first kappa shape index (κ1) is 9.31. The smallest absolute Gasteiger partial charge is 0.0155 e. The van der Waals surface area contributed by atoms with E-state index in [0.717, 1.165) is 11.7 Å². The van der Waals surface area contributed by atoms with Crippen molar-refractivity contribution in [1.29, 1.82) is 0 Å². The molecule has 1 N–H and O–H groups in total. The third-order valence-electron chi connectivity index (χ3n) is 1.38. The van der Waals surface area contributed by atoms with E-state index in [2.05, 4.69) is 31.8 Å². The normalized spacial score (nSPS) is 14.3. The Morgan fingerprint density at radius 2 is 2.00 bits per heavy atom. The predicted molar refractivity (Wildman–Crippen MR) is 46.2 cm³/mol. The molecule has 0 unspecified atom stereocenters. The number of hydrogen-bond donors (Lipinski definition) is 2. The lowest BCUT2D eigenvalue weighted by Crippen LogP contribution is -2.28. The van der Waals surface area contributed by atoms with Crippen molar-refractivity contribution in [2.75, 3.05) is 12.8 Å². The van der Waals surface area contributed by atoms with Gasteiger partial charge in [-0.15, -0.1) is 0 Å². The van der Waals surface area contributed by atoms with E-state index < -0.39 is 0 Å². The molecule has 0 amide bonds. The molecule has 0 bridgehead atoms. The molecule has 0 aromatic carbocycles. The lowest BCUT2D eigenvalue weighted by Gasteiger charge is -2.14. The Balaban J connectivity index is 3.31. The minimum absolute atomic E-state index is 0.591. The lowest BCUT2D eigenvalue weighted by molar-refractivity contribution is 0.475. The first-order valence-electron chi connectivity index (χ1n) is 3.48. The minimum Gasteiger partial charge on any atom is -0.316 e. The molecular weight excluding hydrogens is 130 g/mol. The Morgan fingerprint density at radius 1 is 1.44 bits per heavy atom. The number of thiol groups is 1. The van der Waals surface area contributed by atoms with E-state index in [9.17, 15) is 0 Å². The standard InChI is InChI=1S/C7H17NS/c1-6(2)4-7(5-9)8-3/h6-9H,4-5H2,1-3H3/t7-/m0/s1. The first-order chi connectivity index (χ1) is 4.20. The van der Waals surface area contributed by atoms with Gasteiger partial charge in [0.15, 0.2) is 0 Å². The summed E-state index contributed by atoms with van der Waals surface area (Å²) in [5.74, 6) is 1.71.